The van der Waals surface area contributed by atoms with Gasteiger partial charge in [0.1, 0.15) is 13.2 Å². The van der Waals surface area contributed by atoms with Crippen LogP contribution < -0.4 is 20.1 Å². The molecule has 0 saturated carbocycles. The van der Waals surface area contributed by atoms with Gasteiger partial charge >= 0.3 is 0 Å². The Balaban J connectivity index is 1.96. The summed E-state index contributed by atoms with van der Waals surface area (Å²) in [6, 6.07) is 3.91. The van der Waals surface area contributed by atoms with Crippen LogP contribution in [0.4, 0.5) is 11.4 Å². The smallest absolute Gasteiger partial charge is 0.163 e. The van der Waals surface area contributed by atoms with E-state index in [0.29, 0.717) is 24.7 Å². The van der Waals surface area contributed by atoms with Gasteiger partial charge in [0.05, 0.1) is 24.0 Å². The third-order valence-corrected chi connectivity index (χ3v) is 3.59. The van der Waals surface area contributed by atoms with Crippen molar-refractivity contribution >= 4 is 11.4 Å². The molecule has 1 atom stereocenters. The predicted molar refractivity (Wildman–Crippen MR) is 69.3 cm³/mol. The minimum absolute atomic E-state index is 0.161. The van der Waals surface area contributed by atoms with Gasteiger partial charge in [0.2, 0.25) is 0 Å². The van der Waals surface area contributed by atoms with Crippen LogP contribution in [0.15, 0.2) is 12.1 Å². The Morgan fingerprint density at radius 3 is 2.72 bits per heavy atom. The van der Waals surface area contributed by atoms with Crippen LogP contribution in [-0.4, -0.2) is 37.5 Å². The molecule has 1 aromatic rings. The maximum Gasteiger partial charge on any atom is 0.163 e. The molecule has 5 heteroatoms. The summed E-state index contributed by atoms with van der Waals surface area (Å²) >= 11 is 0. The minimum atomic E-state index is 0.161. The molecule has 0 amide bonds. The first-order valence-electron chi connectivity index (χ1n) is 6.36. The summed E-state index contributed by atoms with van der Waals surface area (Å²) < 4.78 is 11.1. The van der Waals surface area contributed by atoms with Crippen molar-refractivity contribution in [3.05, 3.63) is 12.1 Å². The summed E-state index contributed by atoms with van der Waals surface area (Å²) in [5.41, 5.74) is 7.70. The highest BCUT2D eigenvalue weighted by molar-refractivity contribution is 5.74. The number of nitrogens with two attached hydrogens (primary N) is 1. The molecule has 1 aromatic carbocycles. The molecule has 98 valence electrons. The van der Waals surface area contributed by atoms with E-state index in [1.807, 2.05) is 12.1 Å². The van der Waals surface area contributed by atoms with Gasteiger partial charge in [-0.05, 0) is 12.8 Å². The molecular formula is C13H18N2O3. The van der Waals surface area contributed by atoms with Crippen molar-refractivity contribution in [3.8, 4) is 11.5 Å². The number of fused-ring (bicyclic) bond motifs is 1. The molecule has 2 aliphatic rings. The second-order valence-corrected chi connectivity index (χ2v) is 4.73. The van der Waals surface area contributed by atoms with Crippen molar-refractivity contribution in [2.24, 2.45) is 0 Å². The number of rotatable bonds is 2. The van der Waals surface area contributed by atoms with Crippen LogP contribution in [0.2, 0.25) is 0 Å². The second kappa shape index (κ2) is 4.57. The minimum Gasteiger partial charge on any atom is -0.486 e. The largest absolute Gasteiger partial charge is 0.486 e. The third kappa shape index (κ3) is 1.84. The van der Waals surface area contributed by atoms with Crippen molar-refractivity contribution in [3.63, 3.8) is 0 Å². The number of hydrogen-bond acceptors (Lipinski definition) is 5. The predicted octanol–water partition coefficient (Wildman–Crippen LogP) is 1.00. The molecule has 1 fully saturated rings. The normalized spacial score (nSPS) is 22.3. The van der Waals surface area contributed by atoms with Crippen LogP contribution in [0.3, 0.4) is 0 Å². The standard InChI is InChI=1S/C13H18N2O3/c14-10-6-12-13(18-5-4-17-12)7-11(10)15-3-1-2-9(15)8-16/h6-7,9,16H,1-5,8,14H2. The molecule has 3 rings (SSSR count). The van der Waals surface area contributed by atoms with Crippen LogP contribution in [-0.2, 0) is 0 Å². The number of hydrogen-bond donors (Lipinski definition) is 2. The Bertz CT molecular complexity index is 450. The monoisotopic (exact) mass is 250 g/mol. The highest BCUT2D eigenvalue weighted by Gasteiger charge is 2.27. The van der Waals surface area contributed by atoms with Crippen LogP contribution in [0, 0.1) is 0 Å². The molecule has 2 aliphatic heterocycles. The first-order valence-corrected chi connectivity index (χ1v) is 6.36. The van der Waals surface area contributed by atoms with Crippen molar-refractivity contribution in [1.29, 1.82) is 0 Å². The lowest BCUT2D eigenvalue weighted by Gasteiger charge is -2.28. The average Bonchev–Trinajstić information content (AvgIpc) is 2.86. The number of nitrogens with zero attached hydrogens (tertiary/aromatic N) is 1. The Morgan fingerprint density at radius 2 is 2.00 bits per heavy atom. The summed E-state index contributed by atoms with van der Waals surface area (Å²) in [4.78, 5) is 2.16. The molecule has 0 spiro atoms. The topological polar surface area (TPSA) is 68.0 Å². The van der Waals surface area contributed by atoms with Gasteiger partial charge in [0, 0.05) is 18.7 Å². The van der Waals surface area contributed by atoms with Gasteiger partial charge in [-0.1, -0.05) is 0 Å². The molecule has 2 heterocycles. The number of benzene rings is 1. The zero-order valence-electron chi connectivity index (χ0n) is 10.3. The van der Waals surface area contributed by atoms with E-state index in [1.165, 1.54) is 0 Å². The lowest BCUT2D eigenvalue weighted by atomic mass is 10.2. The Labute approximate surface area is 106 Å². The maximum absolute atomic E-state index is 9.39. The molecule has 1 unspecified atom stereocenters. The van der Waals surface area contributed by atoms with E-state index in [1.54, 1.807) is 0 Å². The van der Waals surface area contributed by atoms with Crippen LogP contribution in [0.25, 0.3) is 0 Å². The van der Waals surface area contributed by atoms with Crippen molar-refractivity contribution < 1.29 is 14.6 Å². The van der Waals surface area contributed by atoms with Crippen LogP contribution in [0.5, 0.6) is 11.5 Å². The SMILES string of the molecule is Nc1cc2c(cc1N1CCCC1CO)OCCO2. The van der Waals surface area contributed by atoms with Gasteiger partial charge in [-0.2, -0.15) is 0 Å². The Kier molecular flexibility index (Phi) is 2.91. The number of aliphatic hydroxyl groups is 1. The van der Waals surface area contributed by atoms with Gasteiger partial charge in [0.25, 0.3) is 0 Å². The molecule has 1 saturated heterocycles. The van der Waals surface area contributed by atoms with E-state index in [4.69, 9.17) is 15.2 Å². The quantitative estimate of drug-likeness (QED) is 0.766. The fraction of sp³-hybridized carbons (Fsp3) is 0.538. The number of nitrogen functional groups attached to an aromatic ring is 1. The zero-order valence-corrected chi connectivity index (χ0v) is 10.3. The third-order valence-electron chi connectivity index (χ3n) is 3.59. The van der Waals surface area contributed by atoms with E-state index < -0.39 is 0 Å². The summed E-state index contributed by atoms with van der Waals surface area (Å²) in [7, 11) is 0. The molecule has 0 bridgehead atoms. The van der Waals surface area contributed by atoms with Gasteiger partial charge < -0.3 is 25.2 Å². The van der Waals surface area contributed by atoms with E-state index in [0.717, 1.165) is 30.8 Å². The maximum atomic E-state index is 9.39. The first-order chi connectivity index (χ1) is 8.79. The van der Waals surface area contributed by atoms with Gasteiger partial charge in [-0.3, -0.25) is 0 Å². The van der Waals surface area contributed by atoms with Crippen LogP contribution >= 0.6 is 0 Å². The molecule has 0 aliphatic carbocycles. The lowest BCUT2D eigenvalue weighted by Crippen LogP contribution is -2.32. The molecule has 0 aromatic heterocycles. The summed E-state index contributed by atoms with van der Waals surface area (Å²) in [6.07, 6.45) is 2.09. The fourth-order valence-electron chi connectivity index (χ4n) is 2.69. The molecule has 0 radical (unpaired) electrons. The summed E-state index contributed by atoms with van der Waals surface area (Å²) in [6.45, 7) is 2.22. The van der Waals surface area contributed by atoms with E-state index in [-0.39, 0.29) is 12.6 Å². The van der Waals surface area contributed by atoms with Crippen molar-refractivity contribution in [1.82, 2.24) is 0 Å². The summed E-state index contributed by atoms with van der Waals surface area (Å²) in [5, 5.41) is 9.39. The molecular weight excluding hydrogens is 232 g/mol. The average molecular weight is 250 g/mol. The highest BCUT2D eigenvalue weighted by Crippen LogP contribution is 2.40. The van der Waals surface area contributed by atoms with E-state index in [2.05, 4.69) is 4.90 Å². The van der Waals surface area contributed by atoms with Gasteiger partial charge in [-0.15, -0.1) is 0 Å². The Morgan fingerprint density at radius 1 is 1.28 bits per heavy atom. The van der Waals surface area contributed by atoms with Crippen molar-refractivity contribution in [2.45, 2.75) is 18.9 Å². The zero-order chi connectivity index (χ0) is 12.5. The van der Waals surface area contributed by atoms with Crippen molar-refractivity contribution in [2.75, 3.05) is 37.0 Å². The first kappa shape index (κ1) is 11.5. The van der Waals surface area contributed by atoms with E-state index >= 15 is 0 Å². The number of ether oxygens (including phenoxy) is 2. The van der Waals surface area contributed by atoms with E-state index in [9.17, 15) is 5.11 Å². The number of anilines is 2. The van der Waals surface area contributed by atoms with Crippen LogP contribution in [0.1, 0.15) is 12.8 Å². The second-order valence-electron chi connectivity index (χ2n) is 4.73. The Hall–Kier alpha value is -1.62. The molecule has 5 nitrogen and oxygen atoms in total. The fourth-order valence-corrected chi connectivity index (χ4v) is 2.69. The summed E-state index contributed by atoms with van der Waals surface area (Å²) in [5.74, 6) is 1.45. The molecule has 3 N–H and O–H groups in total. The van der Waals surface area contributed by atoms with Gasteiger partial charge in [0.15, 0.2) is 11.5 Å². The highest BCUT2D eigenvalue weighted by atomic mass is 16.6. The lowest BCUT2D eigenvalue weighted by molar-refractivity contribution is 0.171. The van der Waals surface area contributed by atoms with Gasteiger partial charge in [-0.25, -0.2) is 0 Å². The molecule has 18 heavy (non-hydrogen) atoms. The number of aliphatic hydroxyl groups excluding tert-OH is 1.